The van der Waals surface area contributed by atoms with Crippen LogP contribution < -0.4 is 5.69 Å². The number of carbonyl (C=O) groups excluding carboxylic acids is 1. The summed E-state index contributed by atoms with van der Waals surface area (Å²) in [5.74, 6) is 0.242. The number of nitrogens with zero attached hydrogens (tertiary/aromatic N) is 3. The van der Waals surface area contributed by atoms with Crippen molar-refractivity contribution in [1.82, 2.24) is 9.13 Å². The summed E-state index contributed by atoms with van der Waals surface area (Å²) in [5.41, 5.74) is 1.15. The second-order valence-corrected chi connectivity index (χ2v) is 5.46. The largest absolute Gasteiger partial charge is 0.330 e. The SMILES string of the molecule is C=C(C)C(=O)C1C=Nc2c(c(=S)n(C)c(=O)n2C)CC1. The van der Waals surface area contributed by atoms with Crippen LogP contribution in [0, 0.1) is 10.6 Å². The normalized spacial score (nSPS) is 17.4. The molecule has 0 fully saturated rings. The Balaban J connectivity index is 2.55. The first-order valence-corrected chi connectivity index (χ1v) is 6.78. The van der Waals surface area contributed by atoms with Crippen LogP contribution in [-0.4, -0.2) is 21.1 Å². The third-order valence-electron chi connectivity index (χ3n) is 3.56. The zero-order valence-electron chi connectivity index (χ0n) is 11.8. The van der Waals surface area contributed by atoms with Crippen LogP contribution >= 0.6 is 12.2 Å². The third kappa shape index (κ3) is 2.31. The number of carbonyl (C=O) groups is 1. The number of hydrogen-bond acceptors (Lipinski definition) is 4. The van der Waals surface area contributed by atoms with Crippen LogP contribution in [0.1, 0.15) is 18.9 Å². The van der Waals surface area contributed by atoms with Crippen molar-refractivity contribution in [2.75, 3.05) is 0 Å². The quantitative estimate of drug-likeness (QED) is 0.617. The lowest BCUT2D eigenvalue weighted by atomic mass is 9.95. The highest BCUT2D eigenvalue weighted by Crippen LogP contribution is 2.25. The highest BCUT2D eigenvalue weighted by molar-refractivity contribution is 7.71. The number of aromatic nitrogens is 2. The van der Waals surface area contributed by atoms with Gasteiger partial charge in [-0.3, -0.25) is 13.9 Å². The van der Waals surface area contributed by atoms with Gasteiger partial charge in [0.05, 0.1) is 5.92 Å². The second kappa shape index (κ2) is 5.28. The zero-order chi connectivity index (χ0) is 15.0. The lowest BCUT2D eigenvalue weighted by molar-refractivity contribution is -0.117. The molecule has 0 saturated carbocycles. The van der Waals surface area contributed by atoms with Gasteiger partial charge in [-0.2, -0.15) is 0 Å². The molecule has 2 rings (SSSR count). The summed E-state index contributed by atoms with van der Waals surface area (Å²) in [6, 6.07) is 0. The minimum atomic E-state index is -0.297. The van der Waals surface area contributed by atoms with Crippen molar-refractivity contribution in [3.05, 3.63) is 32.8 Å². The summed E-state index contributed by atoms with van der Waals surface area (Å²) >= 11 is 5.32. The average molecular weight is 291 g/mol. The van der Waals surface area contributed by atoms with E-state index in [9.17, 15) is 9.59 Å². The molecule has 0 N–H and O–H groups in total. The summed E-state index contributed by atoms with van der Waals surface area (Å²) in [6.07, 6.45) is 2.86. The standard InChI is InChI=1S/C14H17N3O2S/c1-8(2)11(18)9-5-6-10-12(15-7-9)16(3)14(19)17(4)13(10)20/h7,9H,1,5-6H2,2-4H3. The molecule has 0 aliphatic carbocycles. The van der Waals surface area contributed by atoms with Gasteiger partial charge in [-0.15, -0.1) is 0 Å². The second-order valence-electron chi connectivity index (χ2n) is 5.08. The van der Waals surface area contributed by atoms with E-state index in [0.29, 0.717) is 28.9 Å². The zero-order valence-corrected chi connectivity index (χ0v) is 12.7. The molecule has 1 aliphatic rings. The Morgan fingerprint density at radius 1 is 1.45 bits per heavy atom. The lowest BCUT2D eigenvalue weighted by Crippen LogP contribution is -2.28. The van der Waals surface area contributed by atoms with E-state index >= 15 is 0 Å². The molecule has 1 atom stereocenters. The lowest BCUT2D eigenvalue weighted by Gasteiger charge is -2.11. The summed E-state index contributed by atoms with van der Waals surface area (Å²) in [5, 5.41) is 0. The van der Waals surface area contributed by atoms with E-state index in [0.717, 1.165) is 5.56 Å². The van der Waals surface area contributed by atoms with E-state index in [1.54, 1.807) is 27.2 Å². The van der Waals surface area contributed by atoms with E-state index in [1.165, 1.54) is 9.13 Å². The number of aliphatic imine (C=N–C) groups is 1. The number of rotatable bonds is 2. The Morgan fingerprint density at radius 3 is 2.70 bits per heavy atom. The van der Waals surface area contributed by atoms with E-state index in [4.69, 9.17) is 12.2 Å². The maximum Gasteiger partial charge on any atom is 0.330 e. The predicted molar refractivity (Wildman–Crippen MR) is 81.3 cm³/mol. The van der Waals surface area contributed by atoms with Crippen LogP contribution in [-0.2, 0) is 25.3 Å². The van der Waals surface area contributed by atoms with Gasteiger partial charge in [0.25, 0.3) is 0 Å². The molecule has 0 amide bonds. The first-order chi connectivity index (χ1) is 9.34. The topological polar surface area (TPSA) is 56.4 Å². The molecule has 1 aliphatic heterocycles. The molecule has 1 aromatic heterocycles. The van der Waals surface area contributed by atoms with Gasteiger partial charge in [-0.25, -0.2) is 9.79 Å². The molecule has 0 bridgehead atoms. The van der Waals surface area contributed by atoms with Gasteiger partial charge in [0.2, 0.25) is 0 Å². The first-order valence-electron chi connectivity index (χ1n) is 6.37. The fourth-order valence-corrected chi connectivity index (χ4v) is 2.61. The average Bonchev–Trinajstić information content (AvgIpc) is 2.64. The van der Waals surface area contributed by atoms with Crippen LogP contribution in [0.25, 0.3) is 0 Å². The van der Waals surface area contributed by atoms with Crippen LogP contribution in [0.3, 0.4) is 0 Å². The van der Waals surface area contributed by atoms with Crippen molar-refractivity contribution in [2.45, 2.75) is 19.8 Å². The molecule has 1 aromatic rings. The van der Waals surface area contributed by atoms with Gasteiger partial charge < -0.3 is 0 Å². The van der Waals surface area contributed by atoms with Crippen molar-refractivity contribution in [1.29, 1.82) is 0 Å². The predicted octanol–water partition coefficient (Wildman–Crippen LogP) is 1.86. The minimum Gasteiger partial charge on any atom is -0.294 e. The van der Waals surface area contributed by atoms with E-state index in [-0.39, 0.29) is 17.4 Å². The summed E-state index contributed by atoms with van der Waals surface area (Å²) in [4.78, 5) is 28.3. The number of fused-ring (bicyclic) bond motifs is 1. The van der Waals surface area contributed by atoms with Crippen molar-refractivity contribution in [3.8, 4) is 0 Å². The molecule has 6 heteroatoms. The van der Waals surface area contributed by atoms with E-state index in [2.05, 4.69) is 11.6 Å². The molecule has 106 valence electrons. The van der Waals surface area contributed by atoms with Gasteiger partial charge in [-0.05, 0) is 25.3 Å². The summed E-state index contributed by atoms with van der Waals surface area (Å²) in [7, 11) is 3.31. The van der Waals surface area contributed by atoms with E-state index < -0.39 is 0 Å². The van der Waals surface area contributed by atoms with Crippen LogP contribution in [0.15, 0.2) is 21.9 Å². The molecular formula is C14H17N3O2S. The van der Waals surface area contributed by atoms with Crippen molar-refractivity contribution < 1.29 is 4.79 Å². The van der Waals surface area contributed by atoms with Gasteiger partial charge in [0.15, 0.2) is 5.78 Å². The fraction of sp³-hybridized carbons (Fsp3) is 0.429. The number of ketones is 1. The fourth-order valence-electron chi connectivity index (χ4n) is 2.34. The molecule has 20 heavy (non-hydrogen) atoms. The van der Waals surface area contributed by atoms with Gasteiger partial charge in [0, 0.05) is 25.9 Å². The summed E-state index contributed by atoms with van der Waals surface area (Å²) < 4.78 is 3.39. The molecule has 0 saturated heterocycles. The smallest absolute Gasteiger partial charge is 0.294 e. The van der Waals surface area contributed by atoms with Crippen molar-refractivity contribution in [2.24, 2.45) is 25.0 Å². The monoisotopic (exact) mass is 291 g/mol. The molecule has 0 spiro atoms. The van der Waals surface area contributed by atoms with Crippen LogP contribution in [0.5, 0.6) is 0 Å². The maximum absolute atomic E-state index is 12.0. The highest BCUT2D eigenvalue weighted by Gasteiger charge is 2.22. The Kier molecular flexibility index (Phi) is 3.85. The molecule has 5 nitrogen and oxygen atoms in total. The Bertz CT molecular complexity index is 740. The molecule has 0 radical (unpaired) electrons. The van der Waals surface area contributed by atoms with Crippen LogP contribution in [0.2, 0.25) is 0 Å². The number of allylic oxidation sites excluding steroid dienone is 1. The molecule has 1 unspecified atom stereocenters. The Hall–Kier alpha value is -1.82. The highest BCUT2D eigenvalue weighted by atomic mass is 32.1. The first kappa shape index (κ1) is 14.6. The Labute approximate surface area is 122 Å². The minimum absolute atomic E-state index is 0.0122. The van der Waals surface area contributed by atoms with Gasteiger partial charge in [0.1, 0.15) is 10.5 Å². The maximum atomic E-state index is 12.0. The van der Waals surface area contributed by atoms with Crippen LogP contribution in [0.4, 0.5) is 5.82 Å². The molecule has 2 heterocycles. The molecular weight excluding hydrogens is 274 g/mol. The summed E-state index contributed by atoms with van der Waals surface area (Å²) in [6.45, 7) is 5.38. The van der Waals surface area contributed by atoms with Gasteiger partial charge in [-0.1, -0.05) is 18.8 Å². The van der Waals surface area contributed by atoms with Crippen molar-refractivity contribution in [3.63, 3.8) is 0 Å². The number of hydrogen-bond donors (Lipinski definition) is 0. The van der Waals surface area contributed by atoms with Gasteiger partial charge >= 0.3 is 5.69 Å². The van der Waals surface area contributed by atoms with Crippen molar-refractivity contribution >= 4 is 30.0 Å². The van der Waals surface area contributed by atoms with E-state index in [1.807, 2.05) is 0 Å². The molecule has 0 aromatic carbocycles. The Morgan fingerprint density at radius 2 is 2.10 bits per heavy atom. The number of Topliss-reactive ketones (excluding diaryl/α,β-unsaturated/α-hetero) is 1. The third-order valence-corrected chi connectivity index (χ3v) is 4.08.